The number of fused-ring (bicyclic) bond motifs is 2. The molecule has 9 heteroatoms. The number of hydrogen-bond acceptors (Lipinski definition) is 5. The van der Waals surface area contributed by atoms with E-state index in [0.29, 0.717) is 23.2 Å². The first-order chi connectivity index (χ1) is 19.0. The second kappa shape index (κ2) is 10.2. The Morgan fingerprint density at radius 2 is 1.60 bits per heavy atom. The van der Waals surface area contributed by atoms with Crippen molar-refractivity contribution in [1.82, 2.24) is 19.2 Å². The Morgan fingerprint density at radius 1 is 0.975 bits per heavy atom. The van der Waals surface area contributed by atoms with Crippen molar-refractivity contribution in [2.24, 2.45) is 0 Å². The molecular formula is C31H32N4O5. The van der Waals surface area contributed by atoms with Gasteiger partial charge in [-0.05, 0) is 57.9 Å². The second-order valence-corrected chi connectivity index (χ2v) is 11.1. The minimum Gasteiger partial charge on any atom is -0.465 e. The smallest absolute Gasteiger partial charge is 0.408 e. The minimum atomic E-state index is -1.12. The average molecular weight is 541 g/mol. The lowest BCUT2D eigenvalue weighted by Crippen LogP contribution is -2.56. The van der Waals surface area contributed by atoms with Gasteiger partial charge in [-0.25, -0.2) is 9.78 Å². The van der Waals surface area contributed by atoms with Crippen molar-refractivity contribution in [3.05, 3.63) is 95.3 Å². The van der Waals surface area contributed by atoms with E-state index in [1.807, 2.05) is 53.2 Å². The molecule has 5 rings (SSSR count). The summed E-state index contributed by atoms with van der Waals surface area (Å²) in [7, 11) is 0. The van der Waals surface area contributed by atoms with Crippen LogP contribution in [0.5, 0.6) is 0 Å². The zero-order valence-corrected chi connectivity index (χ0v) is 22.9. The Kier molecular flexibility index (Phi) is 6.93. The van der Waals surface area contributed by atoms with Crippen LogP contribution in [0.2, 0.25) is 0 Å². The van der Waals surface area contributed by atoms with Crippen LogP contribution < -0.4 is 0 Å². The van der Waals surface area contributed by atoms with Crippen LogP contribution in [0, 0.1) is 0 Å². The van der Waals surface area contributed by atoms with Gasteiger partial charge in [0.2, 0.25) is 0 Å². The first-order valence-electron chi connectivity index (χ1n) is 13.2. The Labute approximate surface area is 232 Å². The Bertz CT molecular complexity index is 1570. The molecule has 1 unspecified atom stereocenters. The van der Waals surface area contributed by atoms with Gasteiger partial charge >= 0.3 is 6.09 Å². The van der Waals surface area contributed by atoms with E-state index in [1.165, 1.54) is 4.90 Å². The highest BCUT2D eigenvalue weighted by Crippen LogP contribution is 2.28. The average Bonchev–Trinajstić information content (AvgIpc) is 3.43. The zero-order chi connectivity index (χ0) is 28.8. The first-order valence-corrected chi connectivity index (χ1v) is 13.2. The van der Waals surface area contributed by atoms with Crippen molar-refractivity contribution in [2.45, 2.75) is 51.8 Å². The number of carboxylic acid groups (broad SMARTS) is 1. The van der Waals surface area contributed by atoms with Crippen LogP contribution in [0.15, 0.2) is 73.1 Å². The summed E-state index contributed by atoms with van der Waals surface area (Å²) in [6, 6.07) is 17.3. The van der Waals surface area contributed by atoms with Crippen molar-refractivity contribution in [2.75, 3.05) is 6.54 Å². The van der Waals surface area contributed by atoms with Crippen LogP contribution in [0.25, 0.3) is 16.9 Å². The fourth-order valence-corrected chi connectivity index (χ4v) is 5.43. The maximum atomic E-state index is 13.1. The number of hydrogen-bond donors (Lipinski definition) is 2. The largest absolute Gasteiger partial charge is 0.465 e. The molecule has 0 radical (unpaired) electrons. The third-order valence-electron chi connectivity index (χ3n) is 7.25. The number of carbonyl (C=O) groups excluding carboxylic acids is 2. The molecule has 3 heterocycles. The highest BCUT2D eigenvalue weighted by Gasteiger charge is 2.40. The predicted octanol–water partition coefficient (Wildman–Crippen LogP) is 5.04. The first kappa shape index (κ1) is 27.1. The van der Waals surface area contributed by atoms with Gasteiger partial charge in [0.25, 0.3) is 11.8 Å². The van der Waals surface area contributed by atoms with Crippen LogP contribution in [0.3, 0.4) is 0 Å². The van der Waals surface area contributed by atoms with Crippen molar-refractivity contribution in [1.29, 1.82) is 0 Å². The van der Waals surface area contributed by atoms with Crippen LogP contribution in [-0.4, -0.2) is 65.4 Å². The van der Waals surface area contributed by atoms with E-state index >= 15 is 0 Å². The van der Waals surface area contributed by atoms with E-state index in [-0.39, 0.29) is 6.54 Å². The van der Waals surface area contributed by atoms with E-state index in [4.69, 9.17) is 4.98 Å². The lowest BCUT2D eigenvalue weighted by Gasteiger charge is -2.41. The Hall–Kier alpha value is -4.50. The molecule has 0 saturated heterocycles. The third kappa shape index (κ3) is 4.96. The van der Waals surface area contributed by atoms with E-state index in [0.717, 1.165) is 27.3 Å². The number of imidazole rings is 1. The van der Waals surface area contributed by atoms with Crippen molar-refractivity contribution in [3.8, 4) is 11.3 Å². The van der Waals surface area contributed by atoms with Gasteiger partial charge in [0.1, 0.15) is 5.65 Å². The molecule has 0 aliphatic carbocycles. The summed E-state index contributed by atoms with van der Waals surface area (Å²) in [6.07, 6.45) is 2.30. The fourth-order valence-electron chi connectivity index (χ4n) is 5.43. The van der Waals surface area contributed by atoms with Gasteiger partial charge in [-0.1, -0.05) is 42.5 Å². The van der Waals surface area contributed by atoms with Gasteiger partial charge in [0.05, 0.1) is 35.5 Å². The number of aromatic nitrogens is 2. The molecule has 40 heavy (non-hydrogen) atoms. The normalized spacial score (nSPS) is 14.9. The van der Waals surface area contributed by atoms with E-state index in [2.05, 4.69) is 0 Å². The standard InChI is InChI=1S/C31H32N4O5/c1-19(36)23-10-7-15-33-18-26(32-27(23)33)21-13-11-20(12-14-21)16-22(35(30(39)40)31(2,3)4)17-34-28(37)24-8-5-6-9-25(24)29(34)38/h5-15,18-19,22,36H,16-17H2,1-4H3,(H,39,40)/t19?,22-/m0/s1. The predicted molar refractivity (Wildman–Crippen MR) is 150 cm³/mol. The maximum absolute atomic E-state index is 13.1. The Balaban J connectivity index is 1.44. The molecule has 4 aromatic rings. The SMILES string of the molecule is CC(O)c1cccn2cc(-c3ccc(C[C@@H](CN4C(=O)c5ccccc5C4=O)N(C(=O)O)C(C)(C)C)cc3)nc12. The second-order valence-electron chi connectivity index (χ2n) is 11.1. The number of aliphatic hydroxyl groups excluding tert-OH is 1. The molecule has 0 spiro atoms. The van der Waals surface area contributed by atoms with Crippen molar-refractivity contribution >= 4 is 23.6 Å². The number of carbonyl (C=O) groups is 3. The number of amides is 3. The lowest BCUT2D eigenvalue weighted by molar-refractivity contribution is 0.0431. The molecule has 1 aliphatic rings. The molecule has 0 fully saturated rings. The van der Waals surface area contributed by atoms with E-state index in [1.54, 1.807) is 52.0 Å². The van der Waals surface area contributed by atoms with Crippen LogP contribution >= 0.6 is 0 Å². The topological polar surface area (TPSA) is 115 Å². The molecule has 2 atom stereocenters. The maximum Gasteiger partial charge on any atom is 0.408 e. The van der Waals surface area contributed by atoms with Gasteiger partial charge in [-0.2, -0.15) is 0 Å². The number of nitrogens with zero attached hydrogens (tertiary/aromatic N) is 4. The van der Waals surface area contributed by atoms with Gasteiger partial charge in [-0.15, -0.1) is 0 Å². The zero-order valence-electron chi connectivity index (χ0n) is 22.9. The fraction of sp³-hybridized carbons (Fsp3) is 0.290. The molecule has 3 amide bonds. The van der Waals surface area contributed by atoms with Crippen molar-refractivity contribution in [3.63, 3.8) is 0 Å². The number of benzene rings is 2. The summed E-state index contributed by atoms with van der Waals surface area (Å²) in [5.41, 5.74) is 3.77. The van der Waals surface area contributed by atoms with Gasteiger partial charge in [0.15, 0.2) is 0 Å². The molecule has 1 aliphatic heterocycles. The van der Waals surface area contributed by atoms with Crippen molar-refractivity contribution < 1.29 is 24.6 Å². The minimum absolute atomic E-state index is 0.0633. The van der Waals surface area contributed by atoms with Crippen LogP contribution in [0.4, 0.5) is 4.79 Å². The number of rotatable bonds is 7. The lowest BCUT2D eigenvalue weighted by atomic mass is 9.97. The molecular weight excluding hydrogens is 508 g/mol. The molecule has 0 bridgehead atoms. The summed E-state index contributed by atoms with van der Waals surface area (Å²) in [5, 5.41) is 20.3. The number of aliphatic hydroxyl groups is 1. The highest BCUT2D eigenvalue weighted by molar-refractivity contribution is 6.21. The van der Waals surface area contributed by atoms with Gasteiger partial charge in [-0.3, -0.25) is 19.4 Å². The van der Waals surface area contributed by atoms with Crippen LogP contribution in [-0.2, 0) is 6.42 Å². The number of imide groups is 1. The van der Waals surface area contributed by atoms with E-state index < -0.39 is 35.6 Å². The Morgan fingerprint density at radius 3 is 2.15 bits per heavy atom. The molecule has 2 N–H and O–H groups in total. The molecule has 206 valence electrons. The van der Waals surface area contributed by atoms with Gasteiger partial charge in [0, 0.05) is 29.1 Å². The molecule has 9 nitrogen and oxygen atoms in total. The van der Waals surface area contributed by atoms with E-state index in [9.17, 15) is 24.6 Å². The summed E-state index contributed by atoms with van der Waals surface area (Å²) in [6.45, 7) is 7.03. The monoisotopic (exact) mass is 540 g/mol. The summed E-state index contributed by atoms with van der Waals surface area (Å²) < 4.78 is 1.87. The summed E-state index contributed by atoms with van der Waals surface area (Å²) in [4.78, 5) is 45.8. The third-order valence-corrected chi connectivity index (χ3v) is 7.25. The van der Waals surface area contributed by atoms with Crippen LogP contribution in [0.1, 0.15) is 65.6 Å². The number of pyridine rings is 1. The molecule has 0 saturated carbocycles. The summed E-state index contributed by atoms with van der Waals surface area (Å²) in [5.74, 6) is -0.827. The quantitative estimate of drug-likeness (QED) is 0.317. The van der Waals surface area contributed by atoms with Gasteiger partial charge < -0.3 is 14.6 Å². The molecule has 2 aromatic carbocycles. The molecule has 2 aromatic heterocycles. The highest BCUT2D eigenvalue weighted by atomic mass is 16.4. The summed E-state index contributed by atoms with van der Waals surface area (Å²) >= 11 is 0.